The molecule has 5 nitrogen and oxygen atoms in total. The number of nitrogens with zero attached hydrogens (tertiary/aromatic N) is 1. The molecule has 0 atom stereocenters. The largest absolute Gasteiger partial charge is 0.480 e. The highest BCUT2D eigenvalue weighted by Crippen LogP contribution is 2.04. The van der Waals surface area contributed by atoms with Gasteiger partial charge in [0.25, 0.3) is 0 Å². The quantitative estimate of drug-likeness (QED) is 0.405. The average Bonchev–Trinajstić information content (AvgIpc) is 2.00. The van der Waals surface area contributed by atoms with Gasteiger partial charge in [0.05, 0.1) is 6.54 Å². The number of carboxylic acid groups (broad SMARTS) is 1. The molecule has 0 aromatic carbocycles. The summed E-state index contributed by atoms with van der Waals surface area (Å²) >= 11 is 0. The molecule has 0 saturated heterocycles. The van der Waals surface area contributed by atoms with Crippen molar-refractivity contribution in [1.29, 1.82) is 0 Å². The van der Waals surface area contributed by atoms with Gasteiger partial charge in [-0.05, 0) is 13.3 Å². The number of aliphatic carboxylic acids is 1. The van der Waals surface area contributed by atoms with E-state index in [1.165, 1.54) is 0 Å². The van der Waals surface area contributed by atoms with Gasteiger partial charge in [-0.3, -0.25) is 9.69 Å². The van der Waals surface area contributed by atoms with E-state index >= 15 is 0 Å². The van der Waals surface area contributed by atoms with Crippen LogP contribution in [0.1, 0.15) is 33.1 Å². The average molecular weight is 203 g/mol. The Morgan fingerprint density at radius 2 is 2.00 bits per heavy atom. The van der Waals surface area contributed by atoms with Crippen LogP contribution in [0.15, 0.2) is 0 Å². The minimum Gasteiger partial charge on any atom is -0.480 e. The van der Waals surface area contributed by atoms with Crippen molar-refractivity contribution in [3.05, 3.63) is 0 Å². The molecule has 0 unspecified atom stereocenters. The Hall–Kier alpha value is -0.650. The summed E-state index contributed by atoms with van der Waals surface area (Å²) in [5, 5.41) is 8.65. The maximum atomic E-state index is 10.5. The zero-order chi connectivity index (χ0) is 11.2. The summed E-state index contributed by atoms with van der Waals surface area (Å²) in [6, 6.07) is 0. The van der Waals surface area contributed by atoms with Gasteiger partial charge in [0.2, 0.25) is 0 Å². The number of hydrogen-bond acceptors (Lipinski definition) is 4. The van der Waals surface area contributed by atoms with Gasteiger partial charge in [0.1, 0.15) is 5.79 Å². The third-order valence-electron chi connectivity index (χ3n) is 2.04. The van der Waals surface area contributed by atoms with Crippen LogP contribution >= 0.6 is 0 Å². The first-order valence-corrected chi connectivity index (χ1v) is 4.92. The van der Waals surface area contributed by atoms with Crippen LogP contribution in [0.2, 0.25) is 0 Å². The van der Waals surface area contributed by atoms with Crippen LogP contribution in [0.25, 0.3) is 0 Å². The molecule has 5 heteroatoms. The molecule has 0 aromatic rings. The van der Waals surface area contributed by atoms with E-state index in [-0.39, 0.29) is 6.54 Å². The second-order valence-electron chi connectivity index (χ2n) is 3.75. The van der Waals surface area contributed by atoms with E-state index in [2.05, 4.69) is 6.92 Å². The van der Waals surface area contributed by atoms with Crippen LogP contribution in [0.4, 0.5) is 0 Å². The molecule has 0 fully saturated rings. The fraction of sp³-hybridized carbons (Fsp3) is 0.889. The molecule has 0 spiro atoms. The lowest BCUT2D eigenvalue weighted by Crippen LogP contribution is -2.62. The summed E-state index contributed by atoms with van der Waals surface area (Å²) in [7, 11) is 0. The Morgan fingerprint density at radius 3 is 2.36 bits per heavy atom. The van der Waals surface area contributed by atoms with Crippen molar-refractivity contribution < 1.29 is 9.90 Å². The maximum absolute atomic E-state index is 10.5. The summed E-state index contributed by atoms with van der Waals surface area (Å²) in [6.07, 6.45) is 3.08. The Kier molecular flexibility index (Phi) is 5.68. The zero-order valence-corrected chi connectivity index (χ0v) is 8.99. The fourth-order valence-corrected chi connectivity index (χ4v) is 1.21. The number of rotatable bonds is 7. The molecule has 0 aromatic heterocycles. The van der Waals surface area contributed by atoms with Gasteiger partial charge in [-0.1, -0.05) is 19.8 Å². The normalized spacial score (nSPS) is 12.1. The van der Waals surface area contributed by atoms with Gasteiger partial charge in [0.15, 0.2) is 0 Å². The van der Waals surface area contributed by atoms with Crippen molar-refractivity contribution >= 4 is 5.97 Å². The molecule has 0 aliphatic rings. The van der Waals surface area contributed by atoms with Gasteiger partial charge < -0.3 is 16.6 Å². The van der Waals surface area contributed by atoms with E-state index in [9.17, 15) is 4.79 Å². The minimum atomic E-state index is -1.05. The SMILES string of the molecule is CCCCCN(CC(=O)O)C(C)(N)N. The van der Waals surface area contributed by atoms with Crippen molar-refractivity contribution in [3.8, 4) is 0 Å². The number of carboxylic acids is 1. The Labute approximate surface area is 85.1 Å². The van der Waals surface area contributed by atoms with Crippen LogP contribution in [0.3, 0.4) is 0 Å². The summed E-state index contributed by atoms with van der Waals surface area (Å²) in [5.74, 6) is -1.95. The zero-order valence-electron chi connectivity index (χ0n) is 8.99. The number of hydrogen-bond donors (Lipinski definition) is 3. The lowest BCUT2D eigenvalue weighted by Gasteiger charge is -2.33. The van der Waals surface area contributed by atoms with Gasteiger partial charge in [0, 0.05) is 6.54 Å². The van der Waals surface area contributed by atoms with Crippen LogP contribution in [-0.2, 0) is 4.79 Å². The van der Waals surface area contributed by atoms with Crippen molar-refractivity contribution in [2.24, 2.45) is 11.5 Å². The van der Waals surface area contributed by atoms with Gasteiger partial charge in [-0.25, -0.2) is 0 Å². The predicted molar refractivity (Wildman–Crippen MR) is 55.5 cm³/mol. The molecule has 14 heavy (non-hydrogen) atoms. The summed E-state index contributed by atoms with van der Waals surface area (Å²) in [6.45, 7) is 4.23. The van der Waals surface area contributed by atoms with E-state index in [0.29, 0.717) is 6.54 Å². The second kappa shape index (κ2) is 5.95. The lowest BCUT2D eigenvalue weighted by molar-refractivity contribution is -0.140. The van der Waals surface area contributed by atoms with Crippen LogP contribution in [-0.4, -0.2) is 34.9 Å². The molecule has 0 amide bonds. The van der Waals surface area contributed by atoms with E-state index in [0.717, 1.165) is 19.3 Å². The molecule has 0 heterocycles. The number of nitrogens with two attached hydrogens (primary N) is 2. The molecule has 0 rings (SSSR count). The summed E-state index contributed by atoms with van der Waals surface area (Å²) in [5.41, 5.74) is 11.3. The van der Waals surface area contributed by atoms with E-state index in [1.807, 2.05) is 0 Å². The number of carbonyl (C=O) groups is 1. The molecule has 0 saturated carbocycles. The molecular weight excluding hydrogens is 182 g/mol. The van der Waals surface area contributed by atoms with Gasteiger partial charge in [-0.15, -0.1) is 0 Å². The standard InChI is InChI=1S/C9H21N3O2/c1-3-4-5-6-12(7-8(13)14)9(2,10)11/h3-7,10-11H2,1-2H3,(H,13,14). The molecule has 5 N–H and O–H groups in total. The smallest absolute Gasteiger partial charge is 0.317 e. The minimum absolute atomic E-state index is 0.104. The Balaban J connectivity index is 4.05. The first-order valence-electron chi connectivity index (χ1n) is 4.92. The first-order chi connectivity index (χ1) is 6.38. The summed E-state index contributed by atoms with van der Waals surface area (Å²) < 4.78 is 0. The Morgan fingerprint density at radius 1 is 1.43 bits per heavy atom. The second-order valence-corrected chi connectivity index (χ2v) is 3.75. The van der Waals surface area contributed by atoms with Crippen molar-refractivity contribution in [3.63, 3.8) is 0 Å². The van der Waals surface area contributed by atoms with E-state index in [4.69, 9.17) is 16.6 Å². The topological polar surface area (TPSA) is 92.6 Å². The van der Waals surface area contributed by atoms with Crippen molar-refractivity contribution in [2.45, 2.75) is 38.9 Å². The van der Waals surface area contributed by atoms with Gasteiger partial charge in [-0.2, -0.15) is 0 Å². The molecule has 0 radical (unpaired) electrons. The lowest BCUT2D eigenvalue weighted by atomic mass is 10.2. The van der Waals surface area contributed by atoms with Crippen LogP contribution in [0, 0.1) is 0 Å². The third-order valence-corrected chi connectivity index (χ3v) is 2.04. The van der Waals surface area contributed by atoms with Crippen LogP contribution < -0.4 is 11.5 Å². The monoisotopic (exact) mass is 203 g/mol. The fourth-order valence-electron chi connectivity index (χ4n) is 1.21. The highest BCUT2D eigenvalue weighted by atomic mass is 16.4. The third kappa shape index (κ3) is 5.90. The molecule has 0 aliphatic heterocycles. The maximum Gasteiger partial charge on any atom is 0.317 e. The van der Waals surface area contributed by atoms with Crippen molar-refractivity contribution in [1.82, 2.24) is 4.90 Å². The van der Waals surface area contributed by atoms with Crippen LogP contribution in [0.5, 0.6) is 0 Å². The predicted octanol–water partition coefficient (Wildman–Crippen LogP) is 0.154. The molecule has 84 valence electrons. The highest BCUT2D eigenvalue weighted by molar-refractivity contribution is 5.69. The Bertz CT molecular complexity index is 177. The molecule has 0 bridgehead atoms. The van der Waals surface area contributed by atoms with Crippen molar-refractivity contribution in [2.75, 3.05) is 13.1 Å². The summed E-state index contributed by atoms with van der Waals surface area (Å²) in [4.78, 5) is 12.1. The van der Waals surface area contributed by atoms with Gasteiger partial charge >= 0.3 is 5.97 Å². The molecular formula is C9H21N3O2. The molecule has 0 aliphatic carbocycles. The van der Waals surface area contributed by atoms with E-state index in [1.54, 1.807) is 11.8 Å². The number of unbranched alkanes of at least 4 members (excludes halogenated alkanes) is 2. The highest BCUT2D eigenvalue weighted by Gasteiger charge is 2.23. The van der Waals surface area contributed by atoms with E-state index < -0.39 is 11.8 Å². The first kappa shape index (κ1) is 13.4.